The van der Waals surface area contributed by atoms with Gasteiger partial charge in [-0.3, -0.25) is 20.2 Å². The van der Waals surface area contributed by atoms with Crippen molar-refractivity contribution in [3.8, 4) is 46.2 Å². The number of H-pyrrole nitrogens is 2. The molecule has 350 valence electrons. The molecule has 2 aromatic carbocycles. The molecule has 21 heteroatoms. The van der Waals surface area contributed by atoms with Gasteiger partial charge in [-0.05, 0) is 57.4 Å². The molecule has 0 unspecified atom stereocenters. The van der Waals surface area contributed by atoms with Crippen LogP contribution in [0.5, 0.6) is 11.5 Å². The number of nitriles is 2. The first-order valence-electron chi connectivity index (χ1n) is 21.7. The topological polar surface area (TPSA) is 194 Å². The lowest BCUT2D eigenvalue weighted by Crippen LogP contribution is -2.48. The average Bonchev–Trinajstić information content (AvgIpc) is 4.07. The molecule has 2 fully saturated rings. The maximum atomic E-state index is 14.8. The standard InChI is InChI=1S/C25H21Cl2FN6O.C23H18Cl2FN7O/c1-14(24-18(26)12-30-13-19(24)27)35-22-9-17-21(10-20(22)28)32-33-25(17)15-4-5-23(31-11-15)34-8-2-3-16(34)6-7-29;1-12(21-16(24)10-28-11-17(21)25)34-20-6-15-19(7-18(20)26)31-32-22(15)13-8-29-23(30-9-13)33-5-3-14(33)2-4-27/h4-5,9-14,16H,2-3,6,8H2,1H3,(H,32,33);6-12,14H,2-3,5H2,1H3,(H,31,32)/t14-,16+;12-,14-/m11/s1. The number of anilines is 2. The van der Waals surface area contributed by atoms with Crippen molar-refractivity contribution in [2.75, 3.05) is 22.9 Å². The van der Waals surface area contributed by atoms with E-state index in [1.807, 2.05) is 17.0 Å². The number of benzene rings is 2. The van der Waals surface area contributed by atoms with Gasteiger partial charge in [0.15, 0.2) is 23.1 Å². The fraction of sp³-hybridized carbons (Fsp3) is 0.271. The number of halogens is 6. The van der Waals surface area contributed by atoms with E-state index < -0.39 is 23.8 Å². The van der Waals surface area contributed by atoms with Crippen LogP contribution in [0.25, 0.3) is 44.3 Å². The molecule has 0 radical (unpaired) electrons. The first-order chi connectivity index (χ1) is 33.4. The smallest absolute Gasteiger partial charge is 0.225 e. The third-order valence-corrected chi connectivity index (χ3v) is 13.3. The van der Waals surface area contributed by atoms with Crippen LogP contribution >= 0.6 is 46.4 Å². The number of aromatic nitrogens is 9. The lowest BCUT2D eigenvalue weighted by Gasteiger charge is -2.39. The van der Waals surface area contributed by atoms with Gasteiger partial charge in [-0.1, -0.05) is 46.4 Å². The zero-order chi connectivity index (χ0) is 48.3. The second-order valence-electron chi connectivity index (χ2n) is 16.4. The molecule has 0 spiro atoms. The van der Waals surface area contributed by atoms with E-state index in [1.165, 1.54) is 36.9 Å². The number of fused-ring (bicyclic) bond motifs is 2. The van der Waals surface area contributed by atoms with Gasteiger partial charge in [0.05, 0.1) is 56.1 Å². The van der Waals surface area contributed by atoms with Crippen molar-refractivity contribution in [2.24, 2.45) is 0 Å². The monoisotopic (exact) mass is 1010 g/mol. The third kappa shape index (κ3) is 9.73. The molecule has 2 N–H and O–H groups in total. The molecule has 69 heavy (non-hydrogen) atoms. The number of ether oxygens (including phenoxy) is 2. The highest BCUT2D eigenvalue weighted by atomic mass is 35.5. The Morgan fingerprint density at radius 3 is 1.61 bits per heavy atom. The van der Waals surface area contributed by atoms with Crippen molar-refractivity contribution < 1.29 is 18.3 Å². The normalized spacial score (nSPS) is 16.3. The molecule has 0 saturated carbocycles. The maximum Gasteiger partial charge on any atom is 0.225 e. The van der Waals surface area contributed by atoms with E-state index >= 15 is 0 Å². The molecule has 0 aliphatic carbocycles. The van der Waals surface area contributed by atoms with E-state index in [1.54, 1.807) is 44.6 Å². The number of hydrogen-bond acceptors (Lipinski definition) is 13. The summed E-state index contributed by atoms with van der Waals surface area (Å²) in [6.07, 6.45) is 13.6. The summed E-state index contributed by atoms with van der Waals surface area (Å²) in [4.78, 5) is 25.6. The number of pyridine rings is 3. The van der Waals surface area contributed by atoms with Crippen LogP contribution in [-0.2, 0) is 0 Å². The second kappa shape index (κ2) is 20.4. The molecule has 4 atom stereocenters. The van der Waals surface area contributed by atoms with Gasteiger partial charge in [-0.15, -0.1) is 0 Å². The number of nitrogens with zero attached hydrogens (tertiary/aromatic N) is 11. The quantitative estimate of drug-likeness (QED) is 0.117. The number of aromatic amines is 2. The Kier molecular flexibility index (Phi) is 13.9. The molecule has 2 saturated heterocycles. The molecule has 2 aliphatic rings. The Hall–Kier alpha value is -6.89. The minimum atomic E-state index is -0.620. The molecular weight excluding hydrogens is 970 g/mol. The Morgan fingerprint density at radius 1 is 0.652 bits per heavy atom. The van der Waals surface area contributed by atoms with Crippen molar-refractivity contribution >= 4 is 80.0 Å². The summed E-state index contributed by atoms with van der Waals surface area (Å²) in [6, 6.07) is 14.5. The predicted molar refractivity (Wildman–Crippen MR) is 260 cm³/mol. The third-order valence-electron chi connectivity index (χ3n) is 12.1. The summed E-state index contributed by atoms with van der Waals surface area (Å²) in [5, 5.41) is 35.2. The van der Waals surface area contributed by atoms with Gasteiger partial charge in [0.1, 0.15) is 29.4 Å². The molecular formula is C48H39Cl4F2N13O2. The van der Waals surface area contributed by atoms with E-state index in [0.29, 0.717) is 88.8 Å². The van der Waals surface area contributed by atoms with Gasteiger partial charge in [-0.25, -0.2) is 23.7 Å². The van der Waals surface area contributed by atoms with Crippen molar-refractivity contribution in [1.29, 1.82) is 10.5 Å². The second-order valence-corrected chi connectivity index (χ2v) is 18.0. The Labute approximate surface area is 414 Å². The minimum absolute atomic E-state index is 0.0315. The van der Waals surface area contributed by atoms with Gasteiger partial charge in [-0.2, -0.15) is 20.7 Å². The van der Waals surface area contributed by atoms with Crippen molar-refractivity contribution in [2.45, 2.75) is 70.2 Å². The van der Waals surface area contributed by atoms with Crippen LogP contribution in [0.4, 0.5) is 20.5 Å². The average molecular weight is 1010 g/mol. The van der Waals surface area contributed by atoms with Crippen LogP contribution in [0.2, 0.25) is 20.1 Å². The van der Waals surface area contributed by atoms with Crippen LogP contribution in [0.15, 0.2) is 79.8 Å². The molecule has 0 amide bonds. The molecule has 2 aliphatic heterocycles. The Morgan fingerprint density at radius 2 is 1.14 bits per heavy atom. The first kappa shape index (κ1) is 47.2. The molecule has 10 rings (SSSR count). The lowest BCUT2D eigenvalue weighted by molar-refractivity contribution is 0.217. The SMILES string of the molecule is C[C@@H](Oc1cc2c(-c3ccc(N4CCC[C@H]4CC#N)nc3)n[nH]c2cc1F)c1c(Cl)cncc1Cl.C[C@@H](Oc1cc2c(-c3cnc(N4CC[C@H]4CC#N)nc3)n[nH]c2cc1F)c1c(Cl)cncc1Cl. The summed E-state index contributed by atoms with van der Waals surface area (Å²) < 4.78 is 41.4. The highest BCUT2D eigenvalue weighted by Crippen LogP contribution is 2.39. The summed E-state index contributed by atoms with van der Waals surface area (Å²) in [5.41, 5.74) is 4.74. The molecule has 8 aromatic rings. The van der Waals surface area contributed by atoms with E-state index in [4.69, 9.17) is 66.4 Å². The number of rotatable bonds is 12. The molecule has 6 aromatic heterocycles. The van der Waals surface area contributed by atoms with Crippen LogP contribution in [0.3, 0.4) is 0 Å². The number of nitrogens with one attached hydrogen (secondary N) is 2. The molecule has 8 heterocycles. The Bertz CT molecular complexity index is 3210. The van der Waals surface area contributed by atoms with E-state index in [9.17, 15) is 8.78 Å². The summed E-state index contributed by atoms with van der Waals surface area (Å²) in [5.74, 6) is 0.406. The summed E-state index contributed by atoms with van der Waals surface area (Å²) >= 11 is 24.9. The largest absolute Gasteiger partial charge is 0.483 e. The van der Waals surface area contributed by atoms with Gasteiger partial charge in [0, 0.05) is 114 Å². The highest BCUT2D eigenvalue weighted by molar-refractivity contribution is 6.36. The van der Waals surface area contributed by atoms with Crippen LogP contribution in [0.1, 0.15) is 69.3 Å². The Balaban J connectivity index is 0.000000172. The molecule has 15 nitrogen and oxygen atoms in total. The van der Waals surface area contributed by atoms with E-state index in [-0.39, 0.29) is 23.6 Å². The van der Waals surface area contributed by atoms with Gasteiger partial charge < -0.3 is 19.3 Å². The van der Waals surface area contributed by atoms with Gasteiger partial charge in [0.25, 0.3) is 0 Å². The summed E-state index contributed by atoms with van der Waals surface area (Å²) in [6.45, 7) is 5.18. The fourth-order valence-corrected chi connectivity index (χ4v) is 9.88. The van der Waals surface area contributed by atoms with Gasteiger partial charge >= 0.3 is 0 Å². The molecule has 0 bridgehead atoms. The van der Waals surface area contributed by atoms with Gasteiger partial charge in [0.2, 0.25) is 5.95 Å². The van der Waals surface area contributed by atoms with E-state index in [2.05, 4.69) is 62.4 Å². The predicted octanol–water partition coefficient (Wildman–Crippen LogP) is 12.0. The summed E-state index contributed by atoms with van der Waals surface area (Å²) in [7, 11) is 0. The fourth-order valence-electron chi connectivity index (χ4n) is 8.54. The first-order valence-corrected chi connectivity index (χ1v) is 23.3. The maximum absolute atomic E-state index is 14.8. The van der Waals surface area contributed by atoms with Crippen molar-refractivity contribution in [1.82, 2.24) is 45.3 Å². The zero-order valence-electron chi connectivity index (χ0n) is 36.8. The zero-order valence-corrected chi connectivity index (χ0v) is 39.8. The van der Waals surface area contributed by atoms with Crippen molar-refractivity contribution in [3.63, 3.8) is 0 Å². The van der Waals surface area contributed by atoms with Crippen molar-refractivity contribution in [3.05, 3.63) is 123 Å². The highest BCUT2D eigenvalue weighted by Gasteiger charge is 2.30. The minimum Gasteiger partial charge on any atom is -0.483 e. The lowest BCUT2D eigenvalue weighted by atomic mass is 10.0. The van der Waals surface area contributed by atoms with E-state index in [0.717, 1.165) is 43.7 Å². The van der Waals surface area contributed by atoms with Crippen LogP contribution in [0, 0.1) is 34.3 Å². The van der Waals surface area contributed by atoms with Crippen LogP contribution in [-0.4, -0.2) is 70.5 Å². The number of hydrogen-bond donors (Lipinski definition) is 2. The van der Waals surface area contributed by atoms with Crippen LogP contribution < -0.4 is 19.3 Å².